The van der Waals surface area contributed by atoms with Gasteiger partial charge >= 0.3 is 0 Å². The maximum Gasteiger partial charge on any atom is 0.136 e. The Morgan fingerprint density at radius 2 is 1.94 bits per heavy atom. The first kappa shape index (κ1) is 11.7. The van der Waals surface area contributed by atoms with E-state index in [-0.39, 0.29) is 0 Å². The number of carbonyl (C=O) groups excluding carboxylic acids is 1. The van der Waals surface area contributed by atoms with Gasteiger partial charge in [0.2, 0.25) is 0 Å². The van der Waals surface area contributed by atoms with Gasteiger partial charge in [-0.3, -0.25) is 4.79 Å². The number of benzene rings is 1. The third-order valence-corrected chi connectivity index (χ3v) is 3.50. The molecule has 0 bridgehead atoms. The molecule has 0 saturated heterocycles. The Bertz CT molecular complexity index is 449. The lowest BCUT2D eigenvalue weighted by molar-refractivity contribution is -0.118. The van der Waals surface area contributed by atoms with E-state index in [2.05, 4.69) is 0 Å². The van der Waals surface area contributed by atoms with Crippen LogP contribution >= 0.6 is 23.2 Å². The number of ketones is 1. The van der Waals surface area contributed by atoms with E-state index in [1.807, 2.05) is 24.3 Å². The second kappa shape index (κ2) is 5.03. The zero-order valence-electron chi connectivity index (χ0n) is 8.80. The van der Waals surface area contributed by atoms with Crippen LogP contribution < -0.4 is 0 Å². The maximum atomic E-state index is 11.1. The molecule has 1 aromatic carbocycles. The molecule has 1 aromatic rings. The molecular weight excluding hydrogens is 243 g/mol. The van der Waals surface area contributed by atoms with Gasteiger partial charge in [0.15, 0.2) is 0 Å². The van der Waals surface area contributed by atoms with Gasteiger partial charge in [-0.15, -0.1) is 0 Å². The number of allylic oxidation sites excluding steroid dienone is 2. The van der Waals surface area contributed by atoms with E-state index in [4.69, 9.17) is 23.2 Å². The summed E-state index contributed by atoms with van der Waals surface area (Å²) in [5.41, 5.74) is 2.47. The fraction of sp³-hybridized carbons (Fsp3) is 0.308. The molecule has 0 N–H and O–H groups in total. The van der Waals surface area contributed by atoms with Crippen molar-refractivity contribution in [2.45, 2.75) is 25.7 Å². The molecule has 0 aromatic heterocycles. The molecule has 0 saturated carbocycles. The lowest BCUT2D eigenvalue weighted by Gasteiger charge is -2.12. The molecule has 3 heteroatoms. The largest absolute Gasteiger partial charge is 0.299 e. The Balaban J connectivity index is 2.09. The minimum absolute atomic E-state index is 0.331. The van der Waals surface area contributed by atoms with Crippen LogP contribution in [0.1, 0.15) is 24.8 Å². The highest BCUT2D eigenvalue weighted by Crippen LogP contribution is 2.25. The van der Waals surface area contributed by atoms with Crippen LogP contribution in [0.5, 0.6) is 0 Å². The monoisotopic (exact) mass is 254 g/mol. The highest BCUT2D eigenvalue weighted by molar-refractivity contribution is 6.42. The van der Waals surface area contributed by atoms with Crippen LogP contribution in [-0.4, -0.2) is 5.78 Å². The predicted octanol–water partition coefficient (Wildman–Crippen LogP) is 4.22. The SMILES string of the molecule is O=C1CC=C(Cc2ccc(Cl)c(Cl)c2)CC1. The normalized spacial score (nSPS) is 16.1. The van der Waals surface area contributed by atoms with Crippen LogP contribution in [0.25, 0.3) is 0 Å². The van der Waals surface area contributed by atoms with E-state index < -0.39 is 0 Å². The summed E-state index contributed by atoms with van der Waals surface area (Å²) in [6.45, 7) is 0. The van der Waals surface area contributed by atoms with E-state index in [0.717, 1.165) is 18.4 Å². The van der Waals surface area contributed by atoms with Crippen molar-refractivity contribution in [3.63, 3.8) is 0 Å². The van der Waals surface area contributed by atoms with Crippen molar-refractivity contribution < 1.29 is 4.79 Å². The first-order chi connectivity index (χ1) is 7.65. The average Bonchev–Trinajstić information content (AvgIpc) is 2.27. The van der Waals surface area contributed by atoms with Gasteiger partial charge in [-0.2, -0.15) is 0 Å². The van der Waals surface area contributed by atoms with Crippen LogP contribution in [0, 0.1) is 0 Å². The number of carbonyl (C=O) groups is 1. The number of hydrogen-bond donors (Lipinski definition) is 0. The molecule has 1 aliphatic carbocycles. The average molecular weight is 255 g/mol. The molecule has 84 valence electrons. The summed E-state index contributed by atoms with van der Waals surface area (Å²) >= 11 is 11.8. The fourth-order valence-corrected chi connectivity index (χ4v) is 2.16. The molecule has 0 aliphatic heterocycles. The van der Waals surface area contributed by atoms with Gasteiger partial charge in [0.25, 0.3) is 0 Å². The van der Waals surface area contributed by atoms with Crippen molar-refractivity contribution in [1.82, 2.24) is 0 Å². The van der Waals surface area contributed by atoms with Crippen LogP contribution in [-0.2, 0) is 11.2 Å². The molecule has 0 fully saturated rings. The second-order valence-electron chi connectivity index (χ2n) is 4.03. The van der Waals surface area contributed by atoms with Crippen molar-refractivity contribution >= 4 is 29.0 Å². The Morgan fingerprint density at radius 3 is 2.56 bits per heavy atom. The third-order valence-electron chi connectivity index (χ3n) is 2.76. The Labute approximate surface area is 105 Å². The highest BCUT2D eigenvalue weighted by Gasteiger charge is 2.11. The predicted molar refractivity (Wildman–Crippen MR) is 67.1 cm³/mol. The summed E-state index contributed by atoms with van der Waals surface area (Å²) < 4.78 is 0. The Morgan fingerprint density at radius 1 is 1.12 bits per heavy atom. The van der Waals surface area contributed by atoms with Crippen LogP contribution in [0.2, 0.25) is 10.0 Å². The van der Waals surface area contributed by atoms with Crippen molar-refractivity contribution in [3.8, 4) is 0 Å². The molecular formula is C13H12Cl2O. The summed E-state index contributed by atoms with van der Waals surface area (Å²) in [7, 11) is 0. The minimum Gasteiger partial charge on any atom is -0.299 e. The number of hydrogen-bond acceptors (Lipinski definition) is 1. The summed E-state index contributed by atoms with van der Waals surface area (Å²) in [6.07, 6.45) is 5.03. The zero-order chi connectivity index (χ0) is 11.5. The summed E-state index contributed by atoms with van der Waals surface area (Å²) in [6, 6.07) is 5.68. The fourth-order valence-electron chi connectivity index (χ4n) is 1.83. The third kappa shape index (κ3) is 2.87. The minimum atomic E-state index is 0.331. The van der Waals surface area contributed by atoms with Gasteiger partial charge in [-0.25, -0.2) is 0 Å². The zero-order valence-corrected chi connectivity index (χ0v) is 10.3. The van der Waals surface area contributed by atoms with Crippen LogP contribution in [0.15, 0.2) is 29.8 Å². The molecule has 0 unspecified atom stereocenters. The number of halogens is 2. The molecule has 16 heavy (non-hydrogen) atoms. The Hall–Kier alpha value is -0.790. The molecule has 0 spiro atoms. The topological polar surface area (TPSA) is 17.1 Å². The smallest absolute Gasteiger partial charge is 0.136 e. The summed E-state index contributed by atoms with van der Waals surface area (Å²) in [5.74, 6) is 0.331. The highest BCUT2D eigenvalue weighted by atomic mass is 35.5. The van der Waals surface area contributed by atoms with Crippen LogP contribution in [0.4, 0.5) is 0 Å². The molecule has 2 rings (SSSR count). The Kier molecular flexibility index (Phi) is 3.67. The molecule has 0 radical (unpaired) electrons. The molecule has 1 nitrogen and oxygen atoms in total. The van der Waals surface area contributed by atoms with Gasteiger partial charge < -0.3 is 0 Å². The van der Waals surface area contributed by atoms with Gasteiger partial charge in [0.05, 0.1) is 10.0 Å². The number of rotatable bonds is 2. The summed E-state index contributed by atoms with van der Waals surface area (Å²) in [5, 5.41) is 1.17. The van der Waals surface area contributed by atoms with E-state index in [0.29, 0.717) is 28.7 Å². The van der Waals surface area contributed by atoms with Gasteiger partial charge in [-0.05, 0) is 30.5 Å². The lowest BCUT2D eigenvalue weighted by atomic mass is 9.93. The first-order valence-electron chi connectivity index (χ1n) is 5.28. The maximum absolute atomic E-state index is 11.1. The van der Waals surface area contributed by atoms with Gasteiger partial charge in [0.1, 0.15) is 5.78 Å². The van der Waals surface area contributed by atoms with E-state index in [1.54, 1.807) is 0 Å². The van der Waals surface area contributed by atoms with Crippen molar-refractivity contribution in [2.24, 2.45) is 0 Å². The lowest BCUT2D eigenvalue weighted by Crippen LogP contribution is -2.05. The van der Waals surface area contributed by atoms with Crippen molar-refractivity contribution in [2.75, 3.05) is 0 Å². The van der Waals surface area contributed by atoms with E-state index >= 15 is 0 Å². The molecule has 0 amide bonds. The van der Waals surface area contributed by atoms with Crippen molar-refractivity contribution in [3.05, 3.63) is 45.5 Å². The quantitative estimate of drug-likeness (QED) is 0.723. The summed E-state index contributed by atoms with van der Waals surface area (Å²) in [4.78, 5) is 11.1. The molecule has 1 aliphatic rings. The van der Waals surface area contributed by atoms with E-state index in [1.165, 1.54) is 5.57 Å². The van der Waals surface area contributed by atoms with Gasteiger partial charge in [-0.1, -0.05) is 40.9 Å². The molecule has 0 heterocycles. The first-order valence-corrected chi connectivity index (χ1v) is 6.04. The van der Waals surface area contributed by atoms with Gasteiger partial charge in [0, 0.05) is 12.8 Å². The van der Waals surface area contributed by atoms with Crippen molar-refractivity contribution in [1.29, 1.82) is 0 Å². The molecule has 0 atom stereocenters. The van der Waals surface area contributed by atoms with Crippen LogP contribution in [0.3, 0.4) is 0 Å². The van der Waals surface area contributed by atoms with E-state index in [9.17, 15) is 4.79 Å². The second-order valence-corrected chi connectivity index (χ2v) is 4.84. The standard InChI is InChI=1S/C13H12Cl2O/c14-12-6-3-10(8-13(12)15)7-9-1-4-11(16)5-2-9/h1,3,6,8H,2,4-5,7H2. The number of Topliss-reactive ketones (excluding diaryl/α,β-unsaturated/α-hetero) is 1.